The summed E-state index contributed by atoms with van der Waals surface area (Å²) in [6, 6.07) is 14.5. The average molecular weight is 283 g/mol. The number of benzene rings is 1. The number of aromatic nitrogens is 1. The second-order valence-corrected chi connectivity index (χ2v) is 5.61. The lowest BCUT2D eigenvalue weighted by Gasteiger charge is -2.32. The van der Waals surface area contributed by atoms with E-state index in [9.17, 15) is 4.79 Å². The highest BCUT2D eigenvalue weighted by atomic mass is 16.2. The first-order chi connectivity index (χ1) is 10.2. The van der Waals surface area contributed by atoms with E-state index in [1.807, 2.05) is 46.0 Å². The first-order valence-electron chi connectivity index (χ1n) is 7.46. The number of amides is 1. The van der Waals surface area contributed by atoms with Crippen molar-refractivity contribution < 1.29 is 4.79 Å². The molecule has 1 aromatic heterocycles. The molecule has 0 aliphatic carbocycles. The molecule has 110 valence electrons. The number of nitrogens with one attached hydrogen (secondary N) is 1. The van der Waals surface area contributed by atoms with Crippen molar-refractivity contribution in [3.63, 3.8) is 0 Å². The monoisotopic (exact) mass is 283 g/mol. The first kappa shape index (κ1) is 13.9. The predicted octanol–water partition coefficient (Wildman–Crippen LogP) is 1.97. The molecule has 0 bridgehead atoms. The molecule has 4 heteroatoms. The van der Waals surface area contributed by atoms with Gasteiger partial charge in [0.25, 0.3) is 5.91 Å². The molecule has 0 saturated carbocycles. The van der Waals surface area contributed by atoms with Gasteiger partial charge in [-0.15, -0.1) is 0 Å². The largest absolute Gasteiger partial charge is 0.339 e. The molecular formula is C17H21N3O. The van der Waals surface area contributed by atoms with Crippen molar-refractivity contribution in [3.8, 4) is 0 Å². The Morgan fingerprint density at radius 2 is 2.05 bits per heavy atom. The zero-order chi connectivity index (χ0) is 14.7. The van der Waals surface area contributed by atoms with E-state index < -0.39 is 0 Å². The lowest BCUT2D eigenvalue weighted by Crippen LogP contribution is -2.51. The van der Waals surface area contributed by atoms with Crippen LogP contribution in [-0.4, -0.2) is 41.1 Å². The molecule has 1 fully saturated rings. The van der Waals surface area contributed by atoms with Gasteiger partial charge in [-0.2, -0.15) is 0 Å². The molecule has 3 rings (SSSR count). The first-order valence-corrected chi connectivity index (χ1v) is 7.46. The number of nitrogens with zero attached hydrogens (tertiary/aromatic N) is 2. The maximum atomic E-state index is 12.7. The van der Waals surface area contributed by atoms with E-state index in [0.29, 0.717) is 6.04 Å². The van der Waals surface area contributed by atoms with Gasteiger partial charge >= 0.3 is 0 Å². The van der Waals surface area contributed by atoms with Crippen LogP contribution in [0.4, 0.5) is 0 Å². The molecule has 2 heterocycles. The number of piperazine rings is 1. The van der Waals surface area contributed by atoms with Crippen molar-refractivity contribution in [1.82, 2.24) is 14.8 Å². The summed E-state index contributed by atoms with van der Waals surface area (Å²) in [5, 5.41) is 3.37. The Bertz CT molecular complexity index is 606. The second-order valence-electron chi connectivity index (χ2n) is 5.61. The number of carbonyl (C=O) groups is 1. The lowest BCUT2D eigenvalue weighted by molar-refractivity contribution is 0.0698. The highest BCUT2D eigenvalue weighted by molar-refractivity contribution is 5.93. The van der Waals surface area contributed by atoms with Crippen molar-refractivity contribution in [2.45, 2.75) is 19.5 Å². The third-order valence-electron chi connectivity index (χ3n) is 3.90. The quantitative estimate of drug-likeness (QED) is 0.935. The summed E-state index contributed by atoms with van der Waals surface area (Å²) in [6.45, 7) is 5.26. The van der Waals surface area contributed by atoms with Crippen LogP contribution in [0.2, 0.25) is 0 Å². The van der Waals surface area contributed by atoms with Crippen LogP contribution in [0.25, 0.3) is 0 Å². The minimum absolute atomic E-state index is 0.129. The Morgan fingerprint density at radius 1 is 1.24 bits per heavy atom. The van der Waals surface area contributed by atoms with Crippen LogP contribution < -0.4 is 5.32 Å². The van der Waals surface area contributed by atoms with E-state index in [-0.39, 0.29) is 5.91 Å². The Balaban J connectivity index is 1.77. The van der Waals surface area contributed by atoms with Gasteiger partial charge in [-0.1, -0.05) is 30.3 Å². The topological polar surface area (TPSA) is 37.3 Å². The third-order valence-corrected chi connectivity index (χ3v) is 3.90. The Kier molecular flexibility index (Phi) is 4.06. The molecule has 0 unspecified atom stereocenters. The Labute approximate surface area is 125 Å². The summed E-state index contributed by atoms with van der Waals surface area (Å²) in [6.07, 6.45) is 1.98. The van der Waals surface area contributed by atoms with Crippen molar-refractivity contribution in [2.75, 3.05) is 19.6 Å². The third kappa shape index (κ3) is 3.16. The molecule has 1 atom stereocenters. The molecule has 2 aromatic rings. The summed E-state index contributed by atoms with van der Waals surface area (Å²) in [5.74, 6) is 0.129. The van der Waals surface area contributed by atoms with E-state index in [1.165, 1.54) is 5.56 Å². The normalized spacial score (nSPS) is 18.7. The molecule has 1 amide bonds. The maximum absolute atomic E-state index is 12.7. The van der Waals surface area contributed by atoms with E-state index in [1.54, 1.807) is 0 Å². The van der Waals surface area contributed by atoms with E-state index in [4.69, 9.17) is 0 Å². The molecule has 0 spiro atoms. The van der Waals surface area contributed by atoms with E-state index in [0.717, 1.165) is 31.9 Å². The van der Waals surface area contributed by atoms with Gasteiger partial charge in [-0.3, -0.25) is 4.79 Å². The van der Waals surface area contributed by atoms with Crippen LogP contribution in [0.15, 0.2) is 48.7 Å². The van der Waals surface area contributed by atoms with Gasteiger partial charge in [0.2, 0.25) is 0 Å². The van der Waals surface area contributed by atoms with Crippen molar-refractivity contribution in [1.29, 1.82) is 0 Å². The van der Waals surface area contributed by atoms with Gasteiger partial charge in [-0.25, -0.2) is 0 Å². The molecule has 1 N–H and O–H groups in total. The number of hydrogen-bond acceptors (Lipinski definition) is 2. The molecule has 21 heavy (non-hydrogen) atoms. The van der Waals surface area contributed by atoms with Gasteiger partial charge in [0.1, 0.15) is 5.69 Å². The van der Waals surface area contributed by atoms with Crippen LogP contribution >= 0.6 is 0 Å². The fourth-order valence-electron chi connectivity index (χ4n) is 2.81. The van der Waals surface area contributed by atoms with E-state index in [2.05, 4.69) is 24.4 Å². The highest BCUT2D eigenvalue weighted by Crippen LogP contribution is 2.12. The minimum atomic E-state index is 0.129. The van der Waals surface area contributed by atoms with E-state index >= 15 is 0 Å². The van der Waals surface area contributed by atoms with Crippen LogP contribution in [0, 0.1) is 0 Å². The summed E-state index contributed by atoms with van der Waals surface area (Å²) in [5.41, 5.74) is 1.98. The Hall–Kier alpha value is -2.07. The fraction of sp³-hybridized carbons (Fsp3) is 0.353. The molecule has 0 radical (unpaired) electrons. The Morgan fingerprint density at radius 3 is 2.81 bits per heavy atom. The molecule has 1 aliphatic heterocycles. The van der Waals surface area contributed by atoms with Gasteiger partial charge < -0.3 is 14.8 Å². The number of hydrogen-bond donors (Lipinski definition) is 1. The highest BCUT2D eigenvalue weighted by Gasteiger charge is 2.23. The maximum Gasteiger partial charge on any atom is 0.270 e. The van der Waals surface area contributed by atoms with Crippen LogP contribution in [0.5, 0.6) is 0 Å². The van der Waals surface area contributed by atoms with Gasteiger partial charge in [0.05, 0.1) is 0 Å². The zero-order valence-corrected chi connectivity index (χ0v) is 12.3. The predicted molar refractivity (Wildman–Crippen MR) is 83.3 cm³/mol. The molecule has 1 aromatic carbocycles. The van der Waals surface area contributed by atoms with Crippen LogP contribution in [0.3, 0.4) is 0 Å². The van der Waals surface area contributed by atoms with Gasteiger partial charge in [-0.05, 0) is 24.6 Å². The van der Waals surface area contributed by atoms with Crippen molar-refractivity contribution >= 4 is 5.91 Å². The summed E-state index contributed by atoms with van der Waals surface area (Å²) in [7, 11) is 0. The fourth-order valence-corrected chi connectivity index (χ4v) is 2.81. The molecule has 4 nitrogen and oxygen atoms in total. The van der Waals surface area contributed by atoms with Crippen molar-refractivity contribution in [2.24, 2.45) is 0 Å². The molecule has 1 saturated heterocycles. The zero-order valence-electron chi connectivity index (χ0n) is 12.3. The molecular weight excluding hydrogens is 262 g/mol. The lowest BCUT2D eigenvalue weighted by atomic mass is 10.2. The van der Waals surface area contributed by atoms with Gasteiger partial charge in [0.15, 0.2) is 0 Å². The minimum Gasteiger partial charge on any atom is -0.339 e. The summed E-state index contributed by atoms with van der Waals surface area (Å²) >= 11 is 0. The standard InChI is InChI=1S/C17H21N3O/c1-14-12-20(11-9-18-14)17(21)16-8-5-10-19(16)13-15-6-3-2-4-7-15/h2-8,10,14,18H,9,11-13H2,1H3/t14-/m1/s1. The van der Waals surface area contributed by atoms with Crippen LogP contribution in [-0.2, 0) is 6.54 Å². The molecule has 1 aliphatic rings. The average Bonchev–Trinajstić information content (AvgIpc) is 2.95. The smallest absolute Gasteiger partial charge is 0.270 e. The summed E-state index contributed by atoms with van der Waals surface area (Å²) in [4.78, 5) is 14.6. The number of rotatable bonds is 3. The second kappa shape index (κ2) is 6.14. The van der Waals surface area contributed by atoms with Crippen LogP contribution in [0.1, 0.15) is 23.0 Å². The summed E-state index contributed by atoms with van der Waals surface area (Å²) < 4.78 is 2.03. The number of carbonyl (C=O) groups excluding carboxylic acids is 1. The SMILES string of the molecule is C[C@@H]1CN(C(=O)c2cccn2Cc2ccccc2)CCN1. The van der Waals surface area contributed by atoms with Gasteiger partial charge in [0, 0.05) is 38.4 Å². The van der Waals surface area contributed by atoms with Crippen molar-refractivity contribution in [3.05, 3.63) is 59.9 Å².